The van der Waals surface area contributed by atoms with Gasteiger partial charge in [-0.2, -0.15) is 0 Å². The average Bonchev–Trinajstić information content (AvgIpc) is 2.05. The van der Waals surface area contributed by atoms with Crippen LogP contribution in [-0.2, 0) is 0 Å². The van der Waals surface area contributed by atoms with Crippen LogP contribution in [0.2, 0.25) is 0 Å². The fourth-order valence-electron chi connectivity index (χ4n) is 0.539. The molecule has 0 amide bonds. The molecule has 0 radical (unpaired) electrons. The van der Waals surface area contributed by atoms with Crippen molar-refractivity contribution < 1.29 is 0 Å². The van der Waals surface area contributed by atoms with Gasteiger partial charge in [0.2, 0.25) is 0 Å². The van der Waals surface area contributed by atoms with E-state index in [2.05, 4.69) is 18.5 Å². The molecule has 0 aliphatic carbocycles. The molecule has 0 heterocycles. The predicted molar refractivity (Wildman–Crippen MR) is 54.3 cm³/mol. The zero-order valence-electron chi connectivity index (χ0n) is 8.04. The molecule has 0 aliphatic heterocycles. The van der Waals surface area contributed by atoms with Crippen LogP contribution in [0.4, 0.5) is 0 Å². The van der Waals surface area contributed by atoms with Crippen molar-refractivity contribution in [2.75, 3.05) is 7.05 Å². The van der Waals surface area contributed by atoms with Crippen molar-refractivity contribution >= 4 is 6.21 Å². The third kappa shape index (κ3) is 12.4. The highest BCUT2D eigenvalue weighted by Gasteiger charge is 1.85. The van der Waals surface area contributed by atoms with Gasteiger partial charge >= 0.3 is 0 Å². The normalized spacial score (nSPS) is 12.7. The molecule has 64 valence electrons. The summed E-state index contributed by atoms with van der Waals surface area (Å²) in [6, 6.07) is 0. The summed E-state index contributed by atoms with van der Waals surface area (Å²) in [5, 5.41) is 0. The molecular weight excluding hydrogens is 134 g/mol. The third-order valence-corrected chi connectivity index (χ3v) is 0.935. The molecule has 0 N–H and O–H groups in total. The number of aliphatic imine (C=N–C) groups is 1. The van der Waals surface area contributed by atoms with Crippen molar-refractivity contribution in [3.8, 4) is 0 Å². The number of nitrogens with zero attached hydrogens (tertiary/aromatic N) is 1. The fourth-order valence-corrected chi connectivity index (χ4v) is 0.539. The Balaban J connectivity index is 0. The number of allylic oxidation sites excluding steroid dienone is 3. The van der Waals surface area contributed by atoms with Gasteiger partial charge in [-0.05, 0) is 0 Å². The molecule has 0 fully saturated rings. The second kappa shape index (κ2) is 11.9. The maximum absolute atomic E-state index is 3.88. The molecule has 1 unspecified atom stereocenters. The summed E-state index contributed by atoms with van der Waals surface area (Å²) in [5.41, 5.74) is 0. The van der Waals surface area contributed by atoms with Gasteiger partial charge in [0, 0.05) is 19.2 Å². The van der Waals surface area contributed by atoms with E-state index in [1.54, 1.807) is 13.1 Å². The van der Waals surface area contributed by atoms with Gasteiger partial charge in [-0.15, -0.1) is 0 Å². The van der Waals surface area contributed by atoms with Crippen molar-refractivity contribution in [1.29, 1.82) is 0 Å². The Kier molecular flexibility index (Phi) is 13.8. The zero-order chi connectivity index (χ0) is 9.11. The molecule has 1 nitrogen and oxygen atoms in total. The largest absolute Gasteiger partial charge is 0.300 e. The predicted octanol–water partition coefficient (Wildman–Crippen LogP) is 3.09. The monoisotopic (exact) mass is 153 g/mol. The van der Waals surface area contributed by atoms with Crippen molar-refractivity contribution in [2.45, 2.75) is 20.8 Å². The van der Waals surface area contributed by atoms with Crippen molar-refractivity contribution in [2.24, 2.45) is 10.9 Å². The summed E-state index contributed by atoms with van der Waals surface area (Å²) in [6.45, 7) is 9.64. The molecule has 0 aromatic rings. The van der Waals surface area contributed by atoms with E-state index >= 15 is 0 Å². The highest BCUT2D eigenvalue weighted by atomic mass is 14.6. The molecule has 1 heteroatoms. The van der Waals surface area contributed by atoms with Gasteiger partial charge < -0.3 is 4.99 Å². The lowest BCUT2D eigenvalue weighted by Crippen LogP contribution is -1.88. The lowest BCUT2D eigenvalue weighted by molar-refractivity contribution is 1.02. The Labute approximate surface area is 70.5 Å². The summed E-state index contributed by atoms with van der Waals surface area (Å²) < 4.78 is 0. The second-order valence-corrected chi connectivity index (χ2v) is 1.89. The quantitative estimate of drug-likeness (QED) is 0.436. The summed E-state index contributed by atoms with van der Waals surface area (Å²) in [7, 11) is 1.78. The van der Waals surface area contributed by atoms with Crippen molar-refractivity contribution in [3.05, 3.63) is 24.8 Å². The van der Waals surface area contributed by atoms with Gasteiger partial charge in [0.05, 0.1) is 0 Å². The smallest absolute Gasteiger partial charge is 0.0273 e. The van der Waals surface area contributed by atoms with Crippen LogP contribution in [0.25, 0.3) is 0 Å². The Morgan fingerprint density at radius 2 is 1.91 bits per heavy atom. The molecule has 0 saturated heterocycles. The van der Waals surface area contributed by atoms with Crippen LogP contribution in [0.5, 0.6) is 0 Å². The number of hydrogen-bond acceptors (Lipinski definition) is 1. The van der Waals surface area contributed by atoms with Gasteiger partial charge in [0.25, 0.3) is 0 Å². The lowest BCUT2D eigenvalue weighted by Gasteiger charge is -1.91. The van der Waals surface area contributed by atoms with E-state index in [0.29, 0.717) is 5.92 Å². The van der Waals surface area contributed by atoms with Crippen LogP contribution in [0, 0.1) is 5.92 Å². The molecular formula is C10H19N. The Morgan fingerprint density at radius 1 is 1.36 bits per heavy atom. The highest BCUT2D eigenvalue weighted by molar-refractivity contribution is 5.62. The molecule has 11 heavy (non-hydrogen) atoms. The van der Waals surface area contributed by atoms with E-state index in [4.69, 9.17) is 0 Å². The summed E-state index contributed by atoms with van der Waals surface area (Å²) in [5.74, 6) is 0.424. The Bertz CT molecular complexity index is 123. The molecule has 0 aromatic carbocycles. The number of hydrogen-bond donors (Lipinski definition) is 0. The van der Waals surface area contributed by atoms with E-state index in [0.717, 1.165) is 0 Å². The van der Waals surface area contributed by atoms with Gasteiger partial charge in [0.1, 0.15) is 0 Å². The molecule has 0 aliphatic rings. The SMILES string of the molecule is C=C/C=C\C(C)C=NC.CC. The van der Waals surface area contributed by atoms with Gasteiger partial charge in [-0.25, -0.2) is 0 Å². The minimum atomic E-state index is 0.424. The number of rotatable bonds is 3. The third-order valence-electron chi connectivity index (χ3n) is 0.935. The van der Waals surface area contributed by atoms with Crippen LogP contribution in [0.1, 0.15) is 20.8 Å². The summed E-state index contributed by atoms with van der Waals surface area (Å²) in [6.07, 6.45) is 7.62. The van der Waals surface area contributed by atoms with E-state index in [9.17, 15) is 0 Å². The van der Waals surface area contributed by atoms with Crippen LogP contribution in [-0.4, -0.2) is 13.3 Å². The van der Waals surface area contributed by atoms with Crippen LogP contribution in [0.3, 0.4) is 0 Å². The average molecular weight is 153 g/mol. The van der Waals surface area contributed by atoms with Crippen molar-refractivity contribution in [3.63, 3.8) is 0 Å². The van der Waals surface area contributed by atoms with Gasteiger partial charge in [-0.1, -0.05) is 45.6 Å². The minimum absolute atomic E-state index is 0.424. The van der Waals surface area contributed by atoms with Gasteiger partial charge in [-0.3, -0.25) is 0 Å². The minimum Gasteiger partial charge on any atom is -0.300 e. The standard InChI is InChI=1S/C8H13N.C2H6/c1-4-5-6-8(2)7-9-3;1-2/h4-8H,1H2,2-3H3;1-2H3/b6-5-,9-7?;. The first kappa shape index (κ1) is 12.8. The molecule has 1 atom stereocenters. The van der Waals surface area contributed by atoms with Crippen molar-refractivity contribution in [1.82, 2.24) is 0 Å². The van der Waals surface area contributed by atoms with E-state index < -0.39 is 0 Å². The van der Waals surface area contributed by atoms with Crippen LogP contribution >= 0.6 is 0 Å². The Hall–Kier alpha value is -0.850. The van der Waals surface area contributed by atoms with Crippen LogP contribution < -0.4 is 0 Å². The first-order valence-electron chi connectivity index (χ1n) is 4.02. The second-order valence-electron chi connectivity index (χ2n) is 1.89. The molecule has 0 aromatic heterocycles. The van der Waals surface area contributed by atoms with E-state index in [1.807, 2.05) is 32.2 Å². The first-order valence-corrected chi connectivity index (χ1v) is 4.02. The lowest BCUT2D eigenvalue weighted by atomic mass is 10.2. The molecule has 0 rings (SSSR count). The highest BCUT2D eigenvalue weighted by Crippen LogP contribution is 1.91. The Morgan fingerprint density at radius 3 is 2.27 bits per heavy atom. The van der Waals surface area contributed by atoms with E-state index in [-0.39, 0.29) is 0 Å². The van der Waals surface area contributed by atoms with Crippen LogP contribution in [0.15, 0.2) is 29.8 Å². The van der Waals surface area contributed by atoms with E-state index in [1.165, 1.54) is 0 Å². The van der Waals surface area contributed by atoms with Gasteiger partial charge in [0.15, 0.2) is 0 Å². The topological polar surface area (TPSA) is 12.4 Å². The maximum atomic E-state index is 3.88. The maximum Gasteiger partial charge on any atom is 0.0273 e. The molecule has 0 saturated carbocycles. The molecule has 0 spiro atoms. The first-order chi connectivity index (χ1) is 5.31. The zero-order valence-corrected chi connectivity index (χ0v) is 8.04. The summed E-state index contributed by atoms with van der Waals surface area (Å²) in [4.78, 5) is 3.88. The molecule has 0 bridgehead atoms. The fraction of sp³-hybridized carbons (Fsp3) is 0.500. The summed E-state index contributed by atoms with van der Waals surface area (Å²) >= 11 is 0.